The van der Waals surface area contributed by atoms with Crippen molar-refractivity contribution in [1.82, 2.24) is 0 Å². The molecule has 1 saturated heterocycles. The molecule has 2 unspecified atom stereocenters. The van der Waals surface area contributed by atoms with Crippen LogP contribution in [0.2, 0.25) is 0 Å². The Morgan fingerprint density at radius 2 is 2.00 bits per heavy atom. The summed E-state index contributed by atoms with van der Waals surface area (Å²) in [5, 5.41) is 0. The number of ether oxygens (including phenoxy) is 1. The molecule has 1 aliphatic heterocycles. The van der Waals surface area contributed by atoms with E-state index >= 15 is 0 Å². The zero-order valence-corrected chi connectivity index (χ0v) is 9.42. The third-order valence-corrected chi connectivity index (χ3v) is 2.93. The molecule has 0 bridgehead atoms. The molecule has 0 aliphatic carbocycles. The van der Waals surface area contributed by atoms with Crippen LogP contribution in [-0.4, -0.2) is 12.1 Å². The van der Waals surface area contributed by atoms with E-state index in [4.69, 9.17) is 4.74 Å². The summed E-state index contributed by atoms with van der Waals surface area (Å²) in [4.78, 5) is 11.1. The third-order valence-electron chi connectivity index (χ3n) is 2.93. The highest BCUT2D eigenvalue weighted by molar-refractivity contribution is 5.74. The van der Waals surface area contributed by atoms with E-state index in [1.165, 1.54) is 32.1 Å². The SMILES string of the molecule is CCCCCCCC1CC(C)C(=O)O1. The minimum atomic E-state index is 0.00329. The van der Waals surface area contributed by atoms with Crippen LogP contribution in [-0.2, 0) is 9.53 Å². The molecule has 1 heterocycles. The highest BCUT2D eigenvalue weighted by Gasteiger charge is 2.29. The Morgan fingerprint density at radius 1 is 1.29 bits per heavy atom. The maximum Gasteiger partial charge on any atom is 0.309 e. The molecule has 2 nitrogen and oxygen atoms in total. The molecule has 0 radical (unpaired) electrons. The first-order valence-corrected chi connectivity index (χ1v) is 5.94. The highest BCUT2D eigenvalue weighted by Crippen LogP contribution is 2.24. The van der Waals surface area contributed by atoms with Crippen molar-refractivity contribution in [3.8, 4) is 0 Å². The average molecular weight is 198 g/mol. The van der Waals surface area contributed by atoms with Gasteiger partial charge in [-0.15, -0.1) is 0 Å². The van der Waals surface area contributed by atoms with Crippen LogP contribution in [0.15, 0.2) is 0 Å². The summed E-state index contributed by atoms with van der Waals surface area (Å²) in [5.41, 5.74) is 0. The van der Waals surface area contributed by atoms with E-state index in [1.807, 2.05) is 6.92 Å². The van der Waals surface area contributed by atoms with Gasteiger partial charge in [0.15, 0.2) is 0 Å². The van der Waals surface area contributed by atoms with Crippen molar-refractivity contribution in [3.63, 3.8) is 0 Å². The van der Waals surface area contributed by atoms with E-state index < -0.39 is 0 Å². The molecule has 0 amide bonds. The maximum atomic E-state index is 11.1. The predicted molar refractivity (Wildman–Crippen MR) is 57.0 cm³/mol. The first-order valence-electron chi connectivity index (χ1n) is 5.94. The zero-order valence-electron chi connectivity index (χ0n) is 9.42. The lowest BCUT2D eigenvalue weighted by molar-refractivity contribution is -0.144. The summed E-state index contributed by atoms with van der Waals surface area (Å²) in [6, 6.07) is 0. The minimum absolute atomic E-state index is 0.00329. The Bertz CT molecular complexity index is 177. The van der Waals surface area contributed by atoms with E-state index in [-0.39, 0.29) is 18.0 Å². The molecule has 2 heteroatoms. The zero-order chi connectivity index (χ0) is 10.4. The molecule has 1 rings (SSSR count). The van der Waals surface area contributed by atoms with Gasteiger partial charge in [0.05, 0.1) is 5.92 Å². The van der Waals surface area contributed by atoms with Crippen LogP contribution < -0.4 is 0 Å². The van der Waals surface area contributed by atoms with Gasteiger partial charge in [0, 0.05) is 0 Å². The number of rotatable bonds is 6. The maximum absolute atomic E-state index is 11.1. The lowest BCUT2D eigenvalue weighted by Gasteiger charge is -2.07. The molecule has 82 valence electrons. The summed E-state index contributed by atoms with van der Waals surface area (Å²) in [5.74, 6) is 0.138. The standard InChI is InChI=1S/C12H22O2/c1-3-4-5-6-7-8-11-9-10(2)12(13)14-11/h10-11H,3-9H2,1-2H3. The van der Waals surface area contributed by atoms with Crippen molar-refractivity contribution in [2.75, 3.05) is 0 Å². The summed E-state index contributed by atoms with van der Waals surface area (Å²) < 4.78 is 5.24. The smallest absolute Gasteiger partial charge is 0.309 e. The number of carbonyl (C=O) groups excluding carboxylic acids is 1. The van der Waals surface area contributed by atoms with E-state index in [1.54, 1.807) is 0 Å². The van der Waals surface area contributed by atoms with E-state index in [0.717, 1.165) is 12.8 Å². The van der Waals surface area contributed by atoms with Gasteiger partial charge in [-0.05, 0) is 19.3 Å². The number of cyclic esters (lactones) is 1. The van der Waals surface area contributed by atoms with Crippen molar-refractivity contribution < 1.29 is 9.53 Å². The van der Waals surface area contributed by atoms with Crippen molar-refractivity contribution in [2.24, 2.45) is 5.92 Å². The Hall–Kier alpha value is -0.530. The van der Waals surface area contributed by atoms with Gasteiger partial charge in [-0.2, -0.15) is 0 Å². The first-order chi connectivity index (χ1) is 6.74. The summed E-state index contributed by atoms with van der Waals surface area (Å²) in [6.45, 7) is 4.18. The summed E-state index contributed by atoms with van der Waals surface area (Å²) >= 11 is 0. The second-order valence-corrected chi connectivity index (χ2v) is 4.40. The molecule has 0 N–H and O–H groups in total. The van der Waals surface area contributed by atoms with Gasteiger partial charge in [0.2, 0.25) is 0 Å². The summed E-state index contributed by atoms with van der Waals surface area (Å²) in [6.07, 6.45) is 8.68. The van der Waals surface area contributed by atoms with Gasteiger partial charge >= 0.3 is 5.97 Å². The number of carbonyl (C=O) groups is 1. The first kappa shape index (κ1) is 11.5. The van der Waals surface area contributed by atoms with Crippen LogP contribution >= 0.6 is 0 Å². The van der Waals surface area contributed by atoms with Gasteiger partial charge in [-0.3, -0.25) is 4.79 Å². The molecule has 1 aliphatic rings. The van der Waals surface area contributed by atoms with Gasteiger partial charge < -0.3 is 4.74 Å². The van der Waals surface area contributed by atoms with E-state index in [9.17, 15) is 4.79 Å². The highest BCUT2D eigenvalue weighted by atomic mass is 16.5. The number of hydrogen-bond acceptors (Lipinski definition) is 2. The Labute approximate surface area is 87.0 Å². The molecule has 0 spiro atoms. The second-order valence-electron chi connectivity index (χ2n) is 4.40. The van der Waals surface area contributed by atoms with Crippen molar-refractivity contribution >= 4 is 5.97 Å². The molecular weight excluding hydrogens is 176 g/mol. The van der Waals surface area contributed by atoms with Crippen molar-refractivity contribution in [2.45, 2.75) is 64.9 Å². The topological polar surface area (TPSA) is 26.3 Å². The molecule has 0 aromatic carbocycles. The lowest BCUT2D eigenvalue weighted by atomic mass is 10.0. The molecule has 14 heavy (non-hydrogen) atoms. The van der Waals surface area contributed by atoms with Gasteiger partial charge in [0.25, 0.3) is 0 Å². The van der Waals surface area contributed by atoms with Crippen LogP contribution in [0, 0.1) is 5.92 Å². The van der Waals surface area contributed by atoms with Crippen molar-refractivity contribution in [3.05, 3.63) is 0 Å². The van der Waals surface area contributed by atoms with Crippen LogP contribution in [0.3, 0.4) is 0 Å². The quantitative estimate of drug-likeness (QED) is 0.483. The van der Waals surface area contributed by atoms with Crippen LogP contribution in [0.1, 0.15) is 58.8 Å². The van der Waals surface area contributed by atoms with Crippen molar-refractivity contribution in [1.29, 1.82) is 0 Å². The molecule has 0 aromatic heterocycles. The Kier molecular flexibility index (Phi) is 4.99. The Balaban J connectivity index is 2.00. The number of unbranched alkanes of at least 4 members (excludes halogenated alkanes) is 4. The monoisotopic (exact) mass is 198 g/mol. The van der Waals surface area contributed by atoms with Gasteiger partial charge in [0.1, 0.15) is 6.10 Å². The number of hydrogen-bond donors (Lipinski definition) is 0. The van der Waals surface area contributed by atoms with Crippen LogP contribution in [0.25, 0.3) is 0 Å². The van der Waals surface area contributed by atoms with E-state index in [0.29, 0.717) is 0 Å². The summed E-state index contributed by atoms with van der Waals surface area (Å²) in [7, 11) is 0. The molecule has 2 atom stereocenters. The molecule has 0 aromatic rings. The van der Waals surface area contributed by atoms with Crippen LogP contribution in [0.4, 0.5) is 0 Å². The second kappa shape index (κ2) is 6.05. The fourth-order valence-corrected chi connectivity index (χ4v) is 1.97. The molecule has 0 saturated carbocycles. The fraction of sp³-hybridized carbons (Fsp3) is 0.917. The Morgan fingerprint density at radius 3 is 2.57 bits per heavy atom. The van der Waals surface area contributed by atoms with E-state index in [2.05, 4.69) is 6.92 Å². The third kappa shape index (κ3) is 3.69. The van der Waals surface area contributed by atoms with Crippen LogP contribution in [0.5, 0.6) is 0 Å². The molecule has 1 fully saturated rings. The normalized spacial score (nSPS) is 26.6. The fourth-order valence-electron chi connectivity index (χ4n) is 1.97. The largest absolute Gasteiger partial charge is 0.462 e. The average Bonchev–Trinajstić information content (AvgIpc) is 2.46. The lowest BCUT2D eigenvalue weighted by Crippen LogP contribution is -2.06. The minimum Gasteiger partial charge on any atom is -0.462 e. The molecular formula is C12H22O2. The predicted octanol–water partition coefficient (Wildman–Crippen LogP) is 3.30. The van der Waals surface area contributed by atoms with Gasteiger partial charge in [-0.1, -0.05) is 39.5 Å². The van der Waals surface area contributed by atoms with Gasteiger partial charge in [-0.25, -0.2) is 0 Å². The number of esters is 1.